The third-order valence-corrected chi connectivity index (χ3v) is 2.38. The lowest BCUT2D eigenvalue weighted by Gasteiger charge is -2.11. The van der Waals surface area contributed by atoms with Crippen LogP contribution in [-0.4, -0.2) is 36.0 Å². The summed E-state index contributed by atoms with van der Waals surface area (Å²) in [4.78, 5) is 9.97. The monoisotopic (exact) mass is 309 g/mol. The minimum atomic E-state index is -4.36. The normalized spacial score (nSPS) is 11.4. The van der Waals surface area contributed by atoms with Gasteiger partial charge in [-0.3, -0.25) is 10.1 Å². The van der Waals surface area contributed by atoms with E-state index in [1.165, 1.54) is 18.2 Å². The van der Waals surface area contributed by atoms with Crippen LogP contribution in [0.5, 0.6) is 5.75 Å². The van der Waals surface area contributed by atoms with Gasteiger partial charge in [-0.25, -0.2) is 0 Å². The first kappa shape index (κ1) is 17.2. The van der Waals surface area contributed by atoms with Gasteiger partial charge in [-0.15, -0.1) is 0 Å². The molecule has 1 rings (SSSR count). The van der Waals surface area contributed by atoms with E-state index >= 15 is 0 Å². The molecule has 21 heavy (non-hydrogen) atoms. The Labute approximate surface area is 118 Å². The zero-order valence-corrected chi connectivity index (χ0v) is 10.9. The highest BCUT2D eigenvalue weighted by Crippen LogP contribution is 2.24. The number of aliphatic hydroxyl groups is 1. The smallest absolute Gasteiger partial charge is 0.411 e. The molecule has 9 heteroatoms. The van der Waals surface area contributed by atoms with Gasteiger partial charge in [-0.05, 0) is 6.07 Å². The van der Waals surface area contributed by atoms with Crippen molar-refractivity contribution >= 4 is 5.69 Å². The van der Waals surface area contributed by atoms with Crippen LogP contribution in [0.25, 0.3) is 0 Å². The van der Waals surface area contributed by atoms with Gasteiger partial charge in [0.05, 0.1) is 24.7 Å². The number of nitrogens with zero attached hydrogens (tertiary/aromatic N) is 1. The third kappa shape index (κ3) is 6.41. The van der Waals surface area contributed by atoms with Crippen molar-refractivity contribution in [3.05, 3.63) is 33.9 Å². The Morgan fingerprint density at radius 2 is 2.00 bits per heavy atom. The topological polar surface area (TPSA) is 81.8 Å². The number of hydrogen-bond acceptors (Lipinski definition) is 5. The first-order valence-electron chi connectivity index (χ1n) is 5.99. The van der Waals surface area contributed by atoms with E-state index in [4.69, 9.17) is 9.84 Å². The minimum Gasteiger partial charge on any atom is -0.493 e. The van der Waals surface area contributed by atoms with Gasteiger partial charge in [0.2, 0.25) is 0 Å². The quantitative estimate of drug-likeness (QED) is 0.453. The summed E-state index contributed by atoms with van der Waals surface area (Å²) < 4.78 is 45.0. The second kappa shape index (κ2) is 7.79. The summed E-state index contributed by atoms with van der Waals surface area (Å²) in [5, 5.41) is 19.7. The molecule has 0 radical (unpaired) electrons. The number of halogens is 3. The lowest BCUT2D eigenvalue weighted by molar-refractivity contribution is -0.385. The zero-order chi connectivity index (χ0) is 15.9. The van der Waals surface area contributed by atoms with Gasteiger partial charge in [-0.2, -0.15) is 13.2 Å². The van der Waals surface area contributed by atoms with E-state index in [0.717, 1.165) is 0 Å². The van der Waals surface area contributed by atoms with Crippen LogP contribution < -0.4 is 4.74 Å². The van der Waals surface area contributed by atoms with Gasteiger partial charge >= 0.3 is 6.18 Å². The summed E-state index contributed by atoms with van der Waals surface area (Å²) in [7, 11) is 0. The number of nitro benzene ring substituents is 1. The lowest BCUT2D eigenvalue weighted by atomic mass is 10.2. The van der Waals surface area contributed by atoms with Crippen molar-refractivity contribution in [2.24, 2.45) is 0 Å². The molecule has 0 saturated carbocycles. The Morgan fingerprint density at radius 3 is 2.57 bits per heavy atom. The molecule has 0 aromatic heterocycles. The molecular weight excluding hydrogens is 295 g/mol. The van der Waals surface area contributed by atoms with E-state index in [9.17, 15) is 23.3 Å². The minimum absolute atomic E-state index is 0.0721. The van der Waals surface area contributed by atoms with Crippen LogP contribution in [-0.2, 0) is 11.3 Å². The predicted molar refractivity (Wildman–Crippen MR) is 66.0 cm³/mol. The average molecular weight is 309 g/mol. The summed E-state index contributed by atoms with van der Waals surface area (Å²) in [6.07, 6.45) is -4.14. The zero-order valence-electron chi connectivity index (χ0n) is 10.9. The number of aliphatic hydroxyl groups excluding tert-OH is 1. The Balaban J connectivity index is 2.40. The van der Waals surface area contributed by atoms with Crippen molar-refractivity contribution in [2.45, 2.75) is 19.2 Å². The van der Waals surface area contributed by atoms with Crippen molar-refractivity contribution < 1.29 is 32.7 Å². The molecule has 0 bridgehead atoms. The summed E-state index contributed by atoms with van der Waals surface area (Å²) in [5.74, 6) is 0.249. The van der Waals surface area contributed by atoms with Crippen LogP contribution in [0.1, 0.15) is 12.0 Å². The summed E-state index contributed by atoms with van der Waals surface area (Å²) in [6.45, 7) is -1.81. The van der Waals surface area contributed by atoms with Crippen molar-refractivity contribution in [1.82, 2.24) is 0 Å². The fourth-order valence-electron chi connectivity index (χ4n) is 1.47. The Morgan fingerprint density at radius 1 is 1.29 bits per heavy atom. The molecule has 0 heterocycles. The number of non-ortho nitro benzene ring substituents is 1. The molecule has 1 aromatic carbocycles. The first-order chi connectivity index (χ1) is 9.83. The molecule has 0 saturated heterocycles. The molecule has 118 valence electrons. The molecule has 1 N–H and O–H groups in total. The maximum Gasteiger partial charge on any atom is 0.411 e. The van der Waals surface area contributed by atoms with Crippen LogP contribution in [0, 0.1) is 10.1 Å². The van der Waals surface area contributed by atoms with Gasteiger partial charge < -0.3 is 14.6 Å². The molecule has 1 aromatic rings. The number of benzene rings is 1. The summed E-state index contributed by atoms with van der Waals surface area (Å²) in [6, 6.07) is 3.73. The Hall–Kier alpha value is -1.87. The van der Waals surface area contributed by atoms with Crippen molar-refractivity contribution in [3.8, 4) is 5.75 Å². The van der Waals surface area contributed by atoms with Gasteiger partial charge in [0, 0.05) is 24.1 Å². The molecule has 6 nitrogen and oxygen atoms in total. The van der Waals surface area contributed by atoms with Crippen LogP contribution in [0.2, 0.25) is 0 Å². The summed E-state index contributed by atoms with van der Waals surface area (Å²) in [5.41, 5.74) is 0.0559. The van der Waals surface area contributed by atoms with Gasteiger partial charge in [-0.1, -0.05) is 0 Å². The molecule has 0 atom stereocenters. The molecule has 0 aliphatic carbocycles. The van der Waals surface area contributed by atoms with E-state index < -0.39 is 24.3 Å². The van der Waals surface area contributed by atoms with Crippen molar-refractivity contribution in [3.63, 3.8) is 0 Å². The number of rotatable bonds is 8. The summed E-state index contributed by atoms with van der Waals surface area (Å²) >= 11 is 0. The van der Waals surface area contributed by atoms with Crippen LogP contribution >= 0.6 is 0 Å². The predicted octanol–water partition coefficient (Wildman–Crippen LogP) is 2.43. The highest BCUT2D eigenvalue weighted by molar-refractivity contribution is 5.43. The second-order valence-electron chi connectivity index (χ2n) is 4.08. The SMILES string of the molecule is O=[N+]([O-])c1ccc(OCCCOCC(F)(F)F)c(CO)c1. The second-order valence-corrected chi connectivity index (χ2v) is 4.08. The van der Waals surface area contributed by atoms with Crippen LogP contribution in [0.3, 0.4) is 0 Å². The number of alkyl halides is 3. The van der Waals surface area contributed by atoms with Crippen molar-refractivity contribution in [2.75, 3.05) is 19.8 Å². The highest BCUT2D eigenvalue weighted by atomic mass is 19.4. The largest absolute Gasteiger partial charge is 0.493 e. The Bertz CT molecular complexity index is 478. The molecule has 0 fully saturated rings. The molecule has 0 amide bonds. The highest BCUT2D eigenvalue weighted by Gasteiger charge is 2.27. The number of ether oxygens (including phenoxy) is 2. The van der Waals surface area contributed by atoms with Gasteiger partial charge in [0.15, 0.2) is 0 Å². The molecule has 0 unspecified atom stereocenters. The lowest BCUT2D eigenvalue weighted by Crippen LogP contribution is -2.18. The van der Waals surface area contributed by atoms with Crippen LogP contribution in [0.4, 0.5) is 18.9 Å². The third-order valence-electron chi connectivity index (χ3n) is 2.38. The molecule has 0 aliphatic rings. The fraction of sp³-hybridized carbons (Fsp3) is 0.500. The Kier molecular flexibility index (Phi) is 6.38. The van der Waals surface area contributed by atoms with E-state index in [0.29, 0.717) is 0 Å². The van der Waals surface area contributed by atoms with Crippen LogP contribution in [0.15, 0.2) is 18.2 Å². The average Bonchev–Trinajstić information content (AvgIpc) is 2.41. The number of nitro groups is 1. The van der Waals surface area contributed by atoms with E-state index in [2.05, 4.69) is 4.74 Å². The van der Waals surface area contributed by atoms with E-state index in [1.54, 1.807) is 0 Å². The standard InChI is InChI=1S/C12H14F3NO5/c13-12(14,15)8-20-4-1-5-21-11-3-2-10(16(18)19)6-9(11)7-17/h2-3,6,17H,1,4-5,7-8H2. The maximum absolute atomic E-state index is 11.8. The number of hydrogen-bond donors (Lipinski definition) is 1. The van der Waals surface area contributed by atoms with E-state index in [-0.39, 0.29) is 36.6 Å². The molecular formula is C12H14F3NO5. The first-order valence-corrected chi connectivity index (χ1v) is 5.99. The fourth-order valence-corrected chi connectivity index (χ4v) is 1.47. The maximum atomic E-state index is 11.8. The van der Waals surface area contributed by atoms with Gasteiger partial charge in [0.25, 0.3) is 5.69 Å². The van der Waals surface area contributed by atoms with E-state index in [1.807, 2.05) is 0 Å². The molecule has 0 spiro atoms. The van der Waals surface area contributed by atoms with Crippen molar-refractivity contribution in [1.29, 1.82) is 0 Å². The van der Waals surface area contributed by atoms with Gasteiger partial charge in [0.1, 0.15) is 12.4 Å². The molecule has 0 aliphatic heterocycles.